The lowest BCUT2D eigenvalue weighted by molar-refractivity contribution is 0.466. The van der Waals surface area contributed by atoms with Gasteiger partial charge in [0.25, 0.3) is 0 Å². The summed E-state index contributed by atoms with van der Waals surface area (Å²) in [7, 11) is -3.01. The fourth-order valence-corrected chi connectivity index (χ4v) is 3.36. The first-order chi connectivity index (χ1) is 10.0. The maximum atomic E-state index is 10.1. The van der Waals surface area contributed by atoms with Crippen molar-refractivity contribution in [3.05, 3.63) is 42.5 Å². The second-order valence-corrected chi connectivity index (χ2v) is 6.53. The Morgan fingerprint density at radius 2 is 1.71 bits per heavy atom. The number of nitrogens with two attached hydrogens (primary N) is 1. The van der Waals surface area contributed by atoms with Crippen molar-refractivity contribution >= 4 is 22.2 Å². The quantitative estimate of drug-likeness (QED) is 0.547. The number of ether oxygens (including phenoxy) is 1. The lowest BCUT2D eigenvalue weighted by Crippen LogP contribution is -2.22. The molecule has 0 spiro atoms. The van der Waals surface area contributed by atoms with E-state index in [0.717, 1.165) is 0 Å². The van der Waals surface area contributed by atoms with Crippen LogP contribution in [0.2, 0.25) is 0 Å². The van der Waals surface area contributed by atoms with E-state index < -0.39 is 10.8 Å². The van der Waals surface area contributed by atoms with Gasteiger partial charge in [0.1, 0.15) is 16.4 Å². The predicted octanol–water partition coefficient (Wildman–Crippen LogP) is 3.10. The van der Waals surface area contributed by atoms with Crippen molar-refractivity contribution in [3.63, 3.8) is 0 Å². The summed E-state index contributed by atoms with van der Waals surface area (Å²) in [5, 5.41) is 3.15. The van der Waals surface area contributed by atoms with E-state index in [9.17, 15) is 9.11 Å². The molecule has 112 valence electrons. The Labute approximate surface area is 124 Å². The third-order valence-electron chi connectivity index (χ3n) is 3.12. The molecular formula is C14H17N3O3S. The van der Waals surface area contributed by atoms with Crippen LogP contribution in [0, 0.1) is 0 Å². The van der Waals surface area contributed by atoms with Crippen LogP contribution >= 0.6 is 10.8 Å². The zero-order valence-electron chi connectivity index (χ0n) is 11.2. The molecule has 0 aliphatic carbocycles. The number of anilines is 2. The van der Waals surface area contributed by atoms with E-state index in [-0.39, 0.29) is 0 Å². The molecule has 1 heterocycles. The monoisotopic (exact) mass is 307 g/mol. The van der Waals surface area contributed by atoms with Gasteiger partial charge in [0.2, 0.25) is 0 Å². The van der Waals surface area contributed by atoms with E-state index in [2.05, 4.69) is 10.0 Å². The van der Waals surface area contributed by atoms with Crippen LogP contribution in [0.1, 0.15) is 0 Å². The topological polar surface area (TPSA) is 99.8 Å². The van der Waals surface area contributed by atoms with Gasteiger partial charge < -0.3 is 15.8 Å². The van der Waals surface area contributed by atoms with Crippen LogP contribution in [0.25, 0.3) is 0 Å². The van der Waals surface area contributed by atoms with Gasteiger partial charge in [-0.15, -0.1) is 10.8 Å². The van der Waals surface area contributed by atoms with E-state index in [4.69, 9.17) is 10.5 Å². The van der Waals surface area contributed by atoms with Gasteiger partial charge in [0, 0.05) is 24.8 Å². The summed E-state index contributed by atoms with van der Waals surface area (Å²) in [4.78, 5) is 0.410. The maximum Gasteiger partial charge on any atom is 0.129 e. The van der Waals surface area contributed by atoms with E-state index in [1.54, 1.807) is 42.5 Å². The molecule has 0 amide bonds. The van der Waals surface area contributed by atoms with E-state index in [0.29, 0.717) is 40.9 Å². The van der Waals surface area contributed by atoms with Crippen molar-refractivity contribution in [1.82, 2.24) is 4.72 Å². The Hall–Kier alpha value is -1.93. The summed E-state index contributed by atoms with van der Waals surface area (Å²) in [6.45, 7) is 1.10. The average Bonchev–Trinajstić information content (AvgIpc) is 2.61. The molecule has 0 fully saturated rings. The third kappa shape index (κ3) is 3.06. The molecule has 6 nitrogen and oxygen atoms in total. The molecule has 0 saturated heterocycles. The van der Waals surface area contributed by atoms with Gasteiger partial charge in [0.15, 0.2) is 0 Å². The minimum atomic E-state index is -3.01. The van der Waals surface area contributed by atoms with Crippen molar-refractivity contribution in [2.45, 2.75) is 4.90 Å². The van der Waals surface area contributed by atoms with Crippen LogP contribution in [0.5, 0.6) is 11.5 Å². The Balaban J connectivity index is 1.91. The molecule has 3 rings (SSSR count). The Morgan fingerprint density at radius 3 is 2.48 bits per heavy atom. The summed E-state index contributed by atoms with van der Waals surface area (Å²) in [5.41, 5.74) is 6.99. The lowest BCUT2D eigenvalue weighted by Gasteiger charge is -2.32. The van der Waals surface area contributed by atoms with Crippen molar-refractivity contribution in [3.8, 4) is 11.5 Å². The molecule has 0 radical (unpaired) electrons. The maximum absolute atomic E-state index is 10.1. The normalized spacial score (nSPS) is 18.0. The molecule has 2 aromatic carbocycles. The molecule has 0 saturated carbocycles. The second-order valence-electron chi connectivity index (χ2n) is 4.70. The van der Waals surface area contributed by atoms with Crippen LogP contribution in [-0.4, -0.2) is 22.2 Å². The van der Waals surface area contributed by atoms with Crippen molar-refractivity contribution in [1.29, 1.82) is 0 Å². The minimum absolute atomic E-state index is 0.410. The number of rotatable bonds is 2. The standard InChI is InChI=1S/C14H17N3O3S/c15-10-1-3-11(4-2-10)20-12-5-6-13-14(9-12)21(18,19)17-8-7-16-13/h1-6,9,16-19H,7-8,15H2. The summed E-state index contributed by atoms with van der Waals surface area (Å²) >= 11 is 0. The van der Waals surface area contributed by atoms with Gasteiger partial charge in [0.05, 0.1) is 5.69 Å². The van der Waals surface area contributed by atoms with Crippen LogP contribution in [0.15, 0.2) is 47.4 Å². The Morgan fingerprint density at radius 1 is 1.00 bits per heavy atom. The number of hydrogen-bond acceptors (Lipinski definition) is 6. The molecule has 6 N–H and O–H groups in total. The molecule has 1 aliphatic heterocycles. The fourth-order valence-electron chi connectivity index (χ4n) is 2.09. The highest BCUT2D eigenvalue weighted by atomic mass is 32.3. The van der Waals surface area contributed by atoms with Crippen LogP contribution in [0.3, 0.4) is 0 Å². The van der Waals surface area contributed by atoms with Gasteiger partial charge in [-0.25, -0.2) is 4.72 Å². The van der Waals surface area contributed by atoms with Crippen molar-refractivity contribution < 1.29 is 13.8 Å². The molecule has 0 bridgehead atoms. The summed E-state index contributed by atoms with van der Waals surface area (Å²) < 4.78 is 28.7. The lowest BCUT2D eigenvalue weighted by atomic mass is 10.3. The van der Waals surface area contributed by atoms with Gasteiger partial charge in [-0.3, -0.25) is 9.11 Å². The van der Waals surface area contributed by atoms with E-state index >= 15 is 0 Å². The minimum Gasteiger partial charge on any atom is -0.457 e. The van der Waals surface area contributed by atoms with Crippen LogP contribution in [-0.2, 0) is 0 Å². The number of nitrogen functional groups attached to an aromatic ring is 1. The molecule has 0 atom stereocenters. The predicted molar refractivity (Wildman–Crippen MR) is 85.0 cm³/mol. The smallest absolute Gasteiger partial charge is 0.129 e. The molecule has 1 aliphatic rings. The average molecular weight is 307 g/mol. The third-order valence-corrected chi connectivity index (χ3v) is 4.68. The molecule has 21 heavy (non-hydrogen) atoms. The van der Waals surface area contributed by atoms with E-state index in [1.165, 1.54) is 0 Å². The van der Waals surface area contributed by atoms with Gasteiger partial charge in [-0.05, 0) is 36.4 Å². The Kier molecular flexibility index (Phi) is 3.64. The highest BCUT2D eigenvalue weighted by Gasteiger charge is 2.22. The zero-order chi connectivity index (χ0) is 14.9. The highest BCUT2D eigenvalue weighted by Crippen LogP contribution is 2.50. The molecule has 0 aromatic heterocycles. The summed E-state index contributed by atoms with van der Waals surface area (Å²) in [6, 6.07) is 12.2. The van der Waals surface area contributed by atoms with Gasteiger partial charge in [-0.1, -0.05) is 0 Å². The molecule has 0 unspecified atom stereocenters. The number of fused-ring (bicyclic) bond motifs is 1. The highest BCUT2D eigenvalue weighted by molar-refractivity contribution is 8.22. The fraction of sp³-hybridized carbons (Fsp3) is 0.143. The van der Waals surface area contributed by atoms with E-state index in [1.807, 2.05) is 0 Å². The van der Waals surface area contributed by atoms with Crippen molar-refractivity contribution in [2.24, 2.45) is 0 Å². The summed E-state index contributed by atoms with van der Waals surface area (Å²) in [5.74, 6) is 1.17. The molecule has 7 heteroatoms. The first-order valence-corrected chi connectivity index (χ1v) is 8.03. The molecule has 2 aromatic rings. The van der Waals surface area contributed by atoms with Gasteiger partial charge >= 0.3 is 0 Å². The van der Waals surface area contributed by atoms with Crippen LogP contribution < -0.4 is 20.5 Å². The largest absolute Gasteiger partial charge is 0.457 e. The molecular weight excluding hydrogens is 290 g/mol. The second kappa shape index (κ2) is 5.45. The number of benzene rings is 2. The van der Waals surface area contributed by atoms with Crippen LogP contribution in [0.4, 0.5) is 11.4 Å². The number of hydrogen-bond donors (Lipinski definition) is 5. The Bertz CT molecular complexity index is 646. The zero-order valence-corrected chi connectivity index (χ0v) is 12.1. The van der Waals surface area contributed by atoms with Crippen molar-refractivity contribution in [2.75, 3.05) is 24.1 Å². The number of nitrogens with one attached hydrogen (secondary N) is 2. The SMILES string of the molecule is Nc1ccc(Oc2ccc3c(c2)S(O)(O)NCCN3)cc1. The summed E-state index contributed by atoms with van der Waals surface area (Å²) in [6.07, 6.45) is 0. The first-order valence-electron chi connectivity index (χ1n) is 6.49. The first kappa shape index (κ1) is 14.0. The van der Waals surface area contributed by atoms with Gasteiger partial charge in [-0.2, -0.15) is 0 Å².